The second-order valence-electron chi connectivity index (χ2n) is 9.42. The molecule has 2 bridgehead atoms. The maximum absolute atomic E-state index is 13.1. The first-order valence-electron chi connectivity index (χ1n) is 11.2. The standard InChI is InChI=1S/C25H18ClF3N2O4/c26-18-5-1-11(7-17(18)25(27,28)29)19(32)10-35-12-2-6-20(30-9-12)31-23(33)21-13-3-4-14(16-8-15(13)16)22(21)24(31)34/h1-7,9,13-16,21-22H,8,10H2/t13-,14+,15?,16?,21?,22?. The molecule has 6 atom stereocenters. The van der Waals surface area contributed by atoms with Crippen LogP contribution in [0.5, 0.6) is 5.75 Å². The predicted octanol–water partition coefficient (Wildman–Crippen LogP) is 4.57. The summed E-state index contributed by atoms with van der Waals surface area (Å²) in [5, 5.41) is -0.499. The van der Waals surface area contributed by atoms with E-state index in [1.165, 1.54) is 24.4 Å². The number of alkyl halides is 3. The second-order valence-corrected chi connectivity index (χ2v) is 9.83. The number of rotatable bonds is 5. The van der Waals surface area contributed by atoms with Crippen LogP contribution in [-0.4, -0.2) is 29.2 Å². The second kappa shape index (κ2) is 7.65. The molecule has 35 heavy (non-hydrogen) atoms. The normalized spacial score (nSPS) is 30.3. The Labute approximate surface area is 202 Å². The molecule has 1 aromatic heterocycles. The molecule has 4 unspecified atom stereocenters. The third-order valence-corrected chi connectivity index (χ3v) is 7.91. The number of halogens is 4. The highest BCUT2D eigenvalue weighted by atomic mass is 35.5. The van der Waals surface area contributed by atoms with Gasteiger partial charge in [0.25, 0.3) is 0 Å². The Hall–Kier alpha value is -3.20. The fraction of sp³-hybridized carbons (Fsp3) is 0.360. The van der Waals surface area contributed by atoms with E-state index in [2.05, 4.69) is 17.1 Å². The van der Waals surface area contributed by atoms with Crippen LogP contribution < -0.4 is 9.64 Å². The number of nitrogens with zero attached hydrogens (tertiary/aromatic N) is 2. The summed E-state index contributed by atoms with van der Waals surface area (Å²) in [5.74, 6) is -0.239. The van der Waals surface area contributed by atoms with Crippen LogP contribution >= 0.6 is 11.6 Å². The number of ketones is 1. The van der Waals surface area contributed by atoms with E-state index in [1.807, 2.05) is 0 Å². The molecular formula is C25H18ClF3N2O4. The number of Topliss-reactive ketones (excluding diaryl/α,β-unsaturated/α-hetero) is 1. The van der Waals surface area contributed by atoms with Crippen molar-refractivity contribution in [1.82, 2.24) is 4.98 Å². The van der Waals surface area contributed by atoms with Gasteiger partial charge in [0.2, 0.25) is 11.8 Å². The molecule has 4 aliphatic carbocycles. The number of amides is 2. The van der Waals surface area contributed by atoms with Crippen molar-refractivity contribution in [3.05, 3.63) is 64.8 Å². The van der Waals surface area contributed by atoms with Crippen LogP contribution in [0, 0.1) is 35.5 Å². The van der Waals surface area contributed by atoms with Crippen molar-refractivity contribution in [3.63, 3.8) is 0 Å². The fourth-order valence-electron chi connectivity index (χ4n) is 5.92. The maximum Gasteiger partial charge on any atom is 0.417 e. The van der Waals surface area contributed by atoms with Gasteiger partial charge in [-0.2, -0.15) is 13.2 Å². The summed E-state index contributed by atoms with van der Waals surface area (Å²) in [7, 11) is 0. The van der Waals surface area contributed by atoms with Crippen LogP contribution in [0.4, 0.5) is 19.0 Å². The van der Waals surface area contributed by atoms with Crippen LogP contribution in [0.1, 0.15) is 22.3 Å². The van der Waals surface area contributed by atoms with E-state index in [4.69, 9.17) is 16.3 Å². The van der Waals surface area contributed by atoms with Gasteiger partial charge in [-0.05, 0) is 60.4 Å². The molecule has 2 amide bonds. The van der Waals surface area contributed by atoms with Crippen LogP contribution in [0.2, 0.25) is 5.02 Å². The molecule has 10 heteroatoms. The van der Waals surface area contributed by atoms with Gasteiger partial charge < -0.3 is 4.74 Å². The monoisotopic (exact) mass is 502 g/mol. The van der Waals surface area contributed by atoms with Gasteiger partial charge in [0, 0.05) is 5.56 Å². The topological polar surface area (TPSA) is 76.6 Å². The van der Waals surface area contributed by atoms with Gasteiger partial charge in [-0.15, -0.1) is 0 Å². The van der Waals surface area contributed by atoms with Crippen LogP contribution in [0.3, 0.4) is 0 Å². The number of aromatic nitrogens is 1. The van der Waals surface area contributed by atoms with E-state index in [9.17, 15) is 27.6 Å². The molecule has 2 aromatic rings. The molecule has 2 saturated carbocycles. The zero-order valence-corrected chi connectivity index (χ0v) is 18.8. The van der Waals surface area contributed by atoms with Gasteiger partial charge in [0.1, 0.15) is 11.6 Å². The minimum atomic E-state index is -4.69. The van der Waals surface area contributed by atoms with E-state index in [0.29, 0.717) is 17.9 Å². The molecule has 6 nitrogen and oxygen atoms in total. The SMILES string of the molecule is O=C(COc1ccc(N2C(=O)C3C(C2=O)[C@H]2C=C[C@@H]3C3CC32)nc1)c1ccc(Cl)c(C(F)(F)F)c1. The fourth-order valence-corrected chi connectivity index (χ4v) is 6.15. The molecule has 3 fully saturated rings. The number of hydrogen-bond donors (Lipinski definition) is 0. The lowest BCUT2D eigenvalue weighted by molar-refractivity contribution is -0.137. The lowest BCUT2D eigenvalue weighted by Gasteiger charge is -2.37. The number of anilines is 1. The number of benzene rings is 1. The van der Waals surface area contributed by atoms with Gasteiger partial charge in [0.05, 0.1) is 28.6 Å². The molecule has 1 saturated heterocycles. The first-order chi connectivity index (χ1) is 16.6. The average molecular weight is 503 g/mol. The molecule has 1 aliphatic heterocycles. The molecular weight excluding hydrogens is 485 g/mol. The number of pyridine rings is 1. The molecule has 0 spiro atoms. The highest BCUT2D eigenvalue weighted by Gasteiger charge is 2.67. The molecule has 7 rings (SSSR count). The Balaban J connectivity index is 1.14. The van der Waals surface area contributed by atoms with Crippen molar-refractivity contribution >= 4 is 35.0 Å². The van der Waals surface area contributed by atoms with Crippen molar-refractivity contribution in [2.75, 3.05) is 11.5 Å². The third-order valence-electron chi connectivity index (χ3n) is 7.58. The quantitative estimate of drug-likeness (QED) is 0.340. The Kier molecular flexibility index (Phi) is 4.87. The minimum Gasteiger partial charge on any atom is -0.484 e. The van der Waals surface area contributed by atoms with Gasteiger partial charge in [-0.25, -0.2) is 9.88 Å². The molecule has 0 radical (unpaired) electrons. The number of carbonyl (C=O) groups is 3. The smallest absolute Gasteiger partial charge is 0.417 e. The molecule has 0 N–H and O–H groups in total. The van der Waals surface area contributed by atoms with E-state index in [1.54, 1.807) is 0 Å². The van der Waals surface area contributed by atoms with Crippen LogP contribution in [0.15, 0.2) is 48.7 Å². The summed E-state index contributed by atoms with van der Waals surface area (Å²) in [6.07, 6.45) is 1.85. The molecule has 2 heterocycles. The number of hydrogen-bond acceptors (Lipinski definition) is 5. The lowest BCUT2D eigenvalue weighted by atomic mass is 9.63. The van der Waals surface area contributed by atoms with Crippen LogP contribution in [0.25, 0.3) is 0 Å². The minimum absolute atomic E-state index is 0.107. The Morgan fingerprint density at radius 3 is 2.29 bits per heavy atom. The predicted molar refractivity (Wildman–Crippen MR) is 118 cm³/mol. The van der Waals surface area contributed by atoms with E-state index < -0.39 is 29.2 Å². The number of ether oxygens (including phenoxy) is 1. The van der Waals surface area contributed by atoms with Gasteiger partial charge in [-0.3, -0.25) is 14.4 Å². The Bertz CT molecular complexity index is 1260. The van der Waals surface area contributed by atoms with Gasteiger partial charge in [0.15, 0.2) is 12.4 Å². The van der Waals surface area contributed by atoms with Gasteiger partial charge >= 0.3 is 6.18 Å². The van der Waals surface area contributed by atoms with E-state index >= 15 is 0 Å². The van der Waals surface area contributed by atoms with Crippen LogP contribution in [-0.2, 0) is 15.8 Å². The largest absolute Gasteiger partial charge is 0.484 e. The Morgan fingerprint density at radius 2 is 1.71 bits per heavy atom. The molecule has 1 aromatic carbocycles. The van der Waals surface area contributed by atoms with Crippen molar-refractivity contribution in [3.8, 4) is 5.75 Å². The maximum atomic E-state index is 13.1. The third kappa shape index (κ3) is 3.47. The summed E-state index contributed by atoms with van der Waals surface area (Å²) in [4.78, 5) is 44.0. The number of imide groups is 1. The highest BCUT2D eigenvalue weighted by Crippen LogP contribution is 2.65. The van der Waals surface area contributed by atoms with E-state index in [-0.39, 0.29) is 52.6 Å². The molecule has 5 aliphatic rings. The summed E-state index contributed by atoms with van der Waals surface area (Å²) in [6, 6.07) is 5.82. The van der Waals surface area contributed by atoms with Crippen molar-refractivity contribution < 1.29 is 32.3 Å². The number of carbonyl (C=O) groups excluding carboxylic acids is 3. The average Bonchev–Trinajstić information content (AvgIpc) is 3.61. The molecule has 180 valence electrons. The van der Waals surface area contributed by atoms with Crippen molar-refractivity contribution in [1.29, 1.82) is 0 Å². The Morgan fingerprint density at radius 1 is 1.06 bits per heavy atom. The van der Waals surface area contributed by atoms with Crippen molar-refractivity contribution in [2.45, 2.75) is 12.6 Å². The summed E-state index contributed by atoms with van der Waals surface area (Å²) >= 11 is 5.59. The van der Waals surface area contributed by atoms with Gasteiger partial charge in [-0.1, -0.05) is 23.8 Å². The lowest BCUT2D eigenvalue weighted by Crippen LogP contribution is -2.40. The van der Waals surface area contributed by atoms with E-state index in [0.717, 1.165) is 17.4 Å². The zero-order chi connectivity index (χ0) is 24.6. The first kappa shape index (κ1) is 22.3. The first-order valence-corrected chi connectivity index (χ1v) is 11.6. The zero-order valence-electron chi connectivity index (χ0n) is 18.0. The summed E-state index contributed by atoms with van der Waals surface area (Å²) < 4.78 is 44.5. The highest BCUT2D eigenvalue weighted by molar-refractivity contribution is 6.31. The number of allylic oxidation sites excluding steroid dienone is 2. The van der Waals surface area contributed by atoms with Crippen molar-refractivity contribution in [2.24, 2.45) is 35.5 Å². The summed E-state index contributed by atoms with van der Waals surface area (Å²) in [6.45, 7) is -0.524. The summed E-state index contributed by atoms with van der Waals surface area (Å²) in [5.41, 5.74) is -1.29.